The molecule has 0 fully saturated rings. The maximum absolute atomic E-state index is 14.1. The normalized spacial score (nSPS) is 14.9. The number of hydrogen-bond acceptors (Lipinski definition) is 4. The Balaban J connectivity index is 1.69. The topological polar surface area (TPSA) is 84.5 Å². The minimum Gasteiger partial charge on any atom is -0.337 e. The smallest absolute Gasteiger partial charge is 0.274 e. The largest absolute Gasteiger partial charge is 0.337 e. The maximum Gasteiger partial charge on any atom is 0.274 e. The summed E-state index contributed by atoms with van der Waals surface area (Å²) < 4.78 is 1.75. The van der Waals surface area contributed by atoms with Gasteiger partial charge in [0.2, 0.25) is 0 Å². The van der Waals surface area contributed by atoms with Gasteiger partial charge in [-0.3, -0.25) is 9.59 Å². The molecule has 2 aromatic carbocycles. The van der Waals surface area contributed by atoms with E-state index in [1.807, 2.05) is 60.0 Å². The number of aromatic nitrogens is 2. The number of benzene rings is 2. The van der Waals surface area contributed by atoms with Crippen molar-refractivity contribution in [2.24, 2.45) is 5.73 Å². The lowest BCUT2D eigenvalue weighted by atomic mass is 9.92. The number of carbonyl (C=O) groups excluding carboxylic acids is 2. The minimum absolute atomic E-state index is 0.0508. The Morgan fingerprint density at radius 2 is 1.68 bits per heavy atom. The average molecular weight is 516 g/mol. The molecule has 4 rings (SSSR count). The summed E-state index contributed by atoms with van der Waals surface area (Å²) in [5, 5.41) is 4.75. The summed E-state index contributed by atoms with van der Waals surface area (Å²) >= 11 is 0. The predicted octanol–water partition coefficient (Wildman–Crippen LogP) is 5.06. The maximum atomic E-state index is 14.1. The molecule has 7 nitrogen and oxygen atoms in total. The van der Waals surface area contributed by atoms with Gasteiger partial charge >= 0.3 is 0 Å². The van der Waals surface area contributed by atoms with E-state index in [0.717, 1.165) is 62.0 Å². The van der Waals surface area contributed by atoms with Gasteiger partial charge in [-0.1, -0.05) is 63.1 Å². The van der Waals surface area contributed by atoms with Gasteiger partial charge in [-0.2, -0.15) is 5.10 Å². The lowest BCUT2D eigenvalue weighted by molar-refractivity contribution is 0.0646. The summed E-state index contributed by atoms with van der Waals surface area (Å²) in [7, 11) is 0. The summed E-state index contributed by atoms with van der Waals surface area (Å²) in [5.74, 6) is -0.108. The van der Waals surface area contributed by atoms with Crippen LogP contribution in [0.2, 0.25) is 0 Å². The molecule has 0 saturated heterocycles. The van der Waals surface area contributed by atoms with Crippen molar-refractivity contribution in [2.75, 3.05) is 19.6 Å². The summed E-state index contributed by atoms with van der Waals surface area (Å²) in [6, 6.07) is 15.8. The van der Waals surface area contributed by atoms with E-state index in [-0.39, 0.29) is 17.9 Å². The molecule has 1 unspecified atom stereocenters. The van der Waals surface area contributed by atoms with Crippen molar-refractivity contribution in [1.29, 1.82) is 0 Å². The second-order valence-electron chi connectivity index (χ2n) is 10.3. The molecule has 7 heteroatoms. The number of hydrogen-bond donors (Lipinski definition) is 1. The van der Waals surface area contributed by atoms with Gasteiger partial charge in [0, 0.05) is 37.9 Å². The highest BCUT2D eigenvalue weighted by Gasteiger charge is 2.32. The second-order valence-corrected chi connectivity index (χ2v) is 10.3. The Hall–Kier alpha value is -3.45. The molecule has 3 aromatic rings. The Morgan fingerprint density at radius 1 is 1.00 bits per heavy atom. The number of fused-ring (bicyclic) bond motifs is 1. The minimum atomic E-state index is -0.0774. The zero-order chi connectivity index (χ0) is 27.2. The van der Waals surface area contributed by atoms with Crippen molar-refractivity contribution < 1.29 is 9.59 Å². The zero-order valence-corrected chi connectivity index (χ0v) is 23.2. The third-order valence-corrected chi connectivity index (χ3v) is 7.54. The highest BCUT2D eigenvalue weighted by molar-refractivity contribution is 6.00. The zero-order valence-electron chi connectivity index (χ0n) is 23.2. The molecular weight excluding hydrogens is 474 g/mol. The van der Waals surface area contributed by atoms with Crippen LogP contribution in [-0.2, 0) is 13.0 Å². The van der Waals surface area contributed by atoms with Crippen LogP contribution in [0.25, 0.3) is 5.69 Å². The molecule has 0 radical (unpaired) electrons. The molecule has 1 aliphatic rings. The van der Waals surface area contributed by atoms with Gasteiger partial charge in [-0.05, 0) is 61.9 Å². The van der Waals surface area contributed by atoms with Crippen molar-refractivity contribution >= 4 is 11.8 Å². The SMILES string of the molecule is CCCCN(CCCC)C(=O)c1cc(C)n(-c2cccc(C)c2C(=O)N2Cc3ccccc3CC2CN)n1. The molecule has 0 aliphatic carbocycles. The van der Waals surface area contributed by atoms with Crippen LogP contribution in [0.5, 0.6) is 0 Å². The van der Waals surface area contributed by atoms with E-state index in [9.17, 15) is 9.59 Å². The van der Waals surface area contributed by atoms with E-state index in [1.54, 1.807) is 4.68 Å². The fourth-order valence-corrected chi connectivity index (χ4v) is 5.28. The van der Waals surface area contributed by atoms with Crippen LogP contribution in [0, 0.1) is 13.8 Å². The van der Waals surface area contributed by atoms with E-state index in [2.05, 4.69) is 26.0 Å². The first-order valence-electron chi connectivity index (χ1n) is 13.9. The van der Waals surface area contributed by atoms with E-state index >= 15 is 0 Å². The monoisotopic (exact) mass is 515 g/mol. The van der Waals surface area contributed by atoms with Gasteiger partial charge < -0.3 is 15.5 Å². The number of carbonyl (C=O) groups is 2. The lowest BCUT2D eigenvalue weighted by Gasteiger charge is -2.37. The Labute approximate surface area is 226 Å². The van der Waals surface area contributed by atoms with Crippen LogP contribution in [0.3, 0.4) is 0 Å². The van der Waals surface area contributed by atoms with Gasteiger partial charge in [0.1, 0.15) is 0 Å². The molecule has 2 N–H and O–H groups in total. The molecule has 38 heavy (non-hydrogen) atoms. The third kappa shape index (κ3) is 5.68. The van der Waals surface area contributed by atoms with Crippen LogP contribution in [0.15, 0.2) is 48.5 Å². The highest BCUT2D eigenvalue weighted by atomic mass is 16.2. The number of nitrogens with zero attached hydrogens (tertiary/aromatic N) is 4. The summed E-state index contributed by atoms with van der Waals surface area (Å²) in [6.45, 7) is 10.5. The fraction of sp³-hybridized carbons (Fsp3) is 0.452. The van der Waals surface area contributed by atoms with Gasteiger partial charge in [-0.15, -0.1) is 0 Å². The van der Waals surface area contributed by atoms with Crippen molar-refractivity contribution in [3.8, 4) is 5.69 Å². The van der Waals surface area contributed by atoms with Gasteiger partial charge in [-0.25, -0.2) is 4.68 Å². The van der Waals surface area contributed by atoms with E-state index in [4.69, 9.17) is 10.8 Å². The lowest BCUT2D eigenvalue weighted by Crippen LogP contribution is -2.48. The Bertz CT molecular complexity index is 1270. The second kappa shape index (κ2) is 12.4. The first-order valence-corrected chi connectivity index (χ1v) is 13.9. The van der Waals surface area contributed by atoms with E-state index < -0.39 is 0 Å². The molecule has 2 heterocycles. The van der Waals surface area contributed by atoms with Crippen LogP contribution in [-0.4, -0.2) is 57.1 Å². The van der Waals surface area contributed by atoms with Crippen molar-refractivity contribution in [3.63, 3.8) is 0 Å². The number of aryl methyl sites for hydroxylation is 2. The van der Waals surface area contributed by atoms with Crippen LogP contribution < -0.4 is 5.73 Å². The summed E-state index contributed by atoms with van der Waals surface area (Å²) in [4.78, 5) is 31.4. The molecule has 0 saturated carbocycles. The average Bonchev–Trinajstić information content (AvgIpc) is 3.32. The molecule has 0 bridgehead atoms. The number of unbranched alkanes of at least 4 members (excludes halogenated alkanes) is 2. The van der Waals surface area contributed by atoms with Crippen molar-refractivity contribution in [1.82, 2.24) is 19.6 Å². The number of rotatable bonds is 10. The first kappa shape index (κ1) is 27.6. The third-order valence-electron chi connectivity index (χ3n) is 7.54. The fourth-order valence-electron chi connectivity index (χ4n) is 5.28. The standard InChI is InChI=1S/C31H41N5O2/c1-5-7-16-34(17-8-6-2)30(37)27-18-23(4)36(33-27)28-15-11-12-22(3)29(28)31(38)35-21-25-14-10-9-13-24(25)19-26(35)20-32/h9-15,18,26H,5-8,16-17,19-21,32H2,1-4H3. The molecule has 2 amide bonds. The quantitative estimate of drug-likeness (QED) is 0.409. The molecular formula is C31H41N5O2. The van der Waals surface area contributed by atoms with Crippen LogP contribution in [0.4, 0.5) is 0 Å². The van der Waals surface area contributed by atoms with Gasteiger partial charge in [0.05, 0.1) is 11.3 Å². The molecule has 1 aliphatic heterocycles. The van der Waals surface area contributed by atoms with Crippen LogP contribution in [0.1, 0.15) is 82.8 Å². The van der Waals surface area contributed by atoms with Crippen LogP contribution >= 0.6 is 0 Å². The number of amides is 2. The predicted molar refractivity (Wildman–Crippen MR) is 152 cm³/mol. The molecule has 1 aromatic heterocycles. The molecule has 0 spiro atoms. The molecule has 1 atom stereocenters. The summed E-state index contributed by atoms with van der Waals surface area (Å²) in [5.41, 5.74) is 12.0. The highest BCUT2D eigenvalue weighted by Crippen LogP contribution is 2.28. The van der Waals surface area contributed by atoms with Crippen molar-refractivity contribution in [3.05, 3.63) is 82.2 Å². The van der Waals surface area contributed by atoms with E-state index in [1.165, 1.54) is 5.56 Å². The molecule has 202 valence electrons. The number of nitrogens with two attached hydrogens (primary N) is 1. The van der Waals surface area contributed by atoms with E-state index in [0.29, 0.717) is 30.0 Å². The van der Waals surface area contributed by atoms with Gasteiger partial charge in [0.25, 0.3) is 11.8 Å². The van der Waals surface area contributed by atoms with Crippen molar-refractivity contribution in [2.45, 2.75) is 72.4 Å². The first-order chi connectivity index (χ1) is 18.4. The summed E-state index contributed by atoms with van der Waals surface area (Å²) in [6.07, 6.45) is 4.73. The van der Waals surface area contributed by atoms with Gasteiger partial charge in [0.15, 0.2) is 5.69 Å². The Kier molecular flexibility index (Phi) is 9.00. The Morgan fingerprint density at radius 3 is 2.34 bits per heavy atom.